The van der Waals surface area contributed by atoms with Crippen LogP contribution in [0.5, 0.6) is 11.5 Å². The predicted octanol–water partition coefficient (Wildman–Crippen LogP) is 7.73. The van der Waals surface area contributed by atoms with Crippen molar-refractivity contribution < 1.29 is 27.6 Å². The molecule has 12 heteroatoms. The fourth-order valence-corrected chi connectivity index (χ4v) is 5.37. The molecule has 0 unspecified atom stereocenters. The van der Waals surface area contributed by atoms with Gasteiger partial charge in [-0.15, -0.1) is 5.11 Å². The molecule has 9 nitrogen and oxygen atoms in total. The number of nitrogens with zero attached hydrogens (tertiary/aromatic N) is 2. The van der Waals surface area contributed by atoms with Gasteiger partial charge >= 0.3 is 0 Å². The Labute approximate surface area is 234 Å². The minimum atomic E-state index is -4.58. The van der Waals surface area contributed by atoms with Gasteiger partial charge in [0.15, 0.2) is 5.75 Å². The Morgan fingerprint density at radius 3 is 2.46 bits per heavy atom. The number of aromatic hydroxyl groups is 1. The summed E-state index contributed by atoms with van der Waals surface area (Å²) in [6.45, 7) is 3.87. The maximum Gasteiger partial charge on any atom is 0.294 e. The molecule has 0 heterocycles. The molecule has 0 aliphatic heterocycles. The standard InChI is InChI=1S/C27H23Cl2N3O6S/c1-3-17-21(13-16(28)14-23(17)39(35,36)37)31-32-25-18-9-6-5-8-15(18)12-19(26(25)33)27(34)30-20-10-7-11-22(24(20)29)38-4-2/h5-14,33H,3-4H2,1-2H3,(H,30,34)(H,35,36,37). The first-order valence-corrected chi connectivity index (χ1v) is 13.9. The molecule has 39 heavy (non-hydrogen) atoms. The smallest absolute Gasteiger partial charge is 0.294 e. The van der Waals surface area contributed by atoms with Crippen LogP contribution in [0.1, 0.15) is 29.8 Å². The van der Waals surface area contributed by atoms with Gasteiger partial charge in [-0.25, -0.2) is 0 Å². The molecule has 3 N–H and O–H groups in total. The van der Waals surface area contributed by atoms with Crippen LogP contribution in [-0.2, 0) is 16.5 Å². The number of anilines is 1. The van der Waals surface area contributed by atoms with Gasteiger partial charge < -0.3 is 15.2 Å². The van der Waals surface area contributed by atoms with Crippen molar-refractivity contribution in [2.24, 2.45) is 10.2 Å². The fourth-order valence-electron chi connectivity index (χ4n) is 4.03. The first-order valence-electron chi connectivity index (χ1n) is 11.7. The van der Waals surface area contributed by atoms with E-state index in [9.17, 15) is 22.9 Å². The van der Waals surface area contributed by atoms with Crippen LogP contribution in [0, 0.1) is 0 Å². The van der Waals surface area contributed by atoms with E-state index in [0.717, 1.165) is 6.07 Å². The van der Waals surface area contributed by atoms with Crippen LogP contribution < -0.4 is 10.1 Å². The SMILES string of the molecule is CCOc1cccc(NC(=O)c2cc3ccccc3c(N=Nc3cc(Cl)cc(S(=O)(=O)O)c3CC)c2O)c1Cl. The molecule has 0 atom stereocenters. The predicted molar refractivity (Wildman–Crippen MR) is 151 cm³/mol. The zero-order chi connectivity index (χ0) is 28.3. The van der Waals surface area contributed by atoms with E-state index in [1.165, 1.54) is 12.1 Å². The van der Waals surface area contributed by atoms with Gasteiger partial charge in [0.25, 0.3) is 16.0 Å². The average molecular weight is 588 g/mol. The highest BCUT2D eigenvalue weighted by Gasteiger charge is 2.22. The molecule has 0 bridgehead atoms. The third-order valence-corrected chi connectivity index (χ3v) is 7.32. The number of halogens is 2. The van der Waals surface area contributed by atoms with Crippen molar-refractivity contribution in [2.75, 3.05) is 11.9 Å². The highest BCUT2D eigenvalue weighted by Crippen LogP contribution is 2.41. The number of carbonyl (C=O) groups excluding carboxylic acids is 1. The second-order valence-electron chi connectivity index (χ2n) is 8.28. The number of hydrogen-bond donors (Lipinski definition) is 3. The van der Waals surface area contributed by atoms with Crippen molar-refractivity contribution in [2.45, 2.75) is 25.2 Å². The molecule has 0 radical (unpaired) electrons. The molecule has 0 spiro atoms. The van der Waals surface area contributed by atoms with Crippen molar-refractivity contribution in [3.8, 4) is 11.5 Å². The lowest BCUT2D eigenvalue weighted by Gasteiger charge is -2.14. The highest BCUT2D eigenvalue weighted by atomic mass is 35.5. The van der Waals surface area contributed by atoms with Gasteiger partial charge in [-0.05, 0) is 49.1 Å². The number of phenolic OH excluding ortho intramolecular Hbond substituents is 1. The maximum absolute atomic E-state index is 13.3. The zero-order valence-electron chi connectivity index (χ0n) is 20.8. The number of phenols is 1. The molecule has 0 aromatic heterocycles. The molecule has 0 aliphatic carbocycles. The van der Waals surface area contributed by atoms with Gasteiger partial charge in [0.05, 0.1) is 23.5 Å². The van der Waals surface area contributed by atoms with Crippen LogP contribution in [0.2, 0.25) is 10.0 Å². The number of carbonyl (C=O) groups is 1. The lowest BCUT2D eigenvalue weighted by molar-refractivity contribution is 0.102. The Morgan fingerprint density at radius 1 is 1.03 bits per heavy atom. The highest BCUT2D eigenvalue weighted by molar-refractivity contribution is 7.85. The van der Waals surface area contributed by atoms with E-state index in [1.54, 1.807) is 56.3 Å². The third-order valence-electron chi connectivity index (χ3n) is 5.79. The second-order valence-corrected chi connectivity index (χ2v) is 10.5. The average Bonchev–Trinajstić information content (AvgIpc) is 2.89. The monoisotopic (exact) mass is 587 g/mol. The molecular weight excluding hydrogens is 565 g/mol. The molecule has 4 rings (SSSR count). The number of ether oxygens (including phenoxy) is 1. The van der Waals surface area contributed by atoms with Gasteiger partial charge in [0.2, 0.25) is 0 Å². The van der Waals surface area contributed by atoms with Gasteiger partial charge in [0.1, 0.15) is 21.4 Å². The summed E-state index contributed by atoms with van der Waals surface area (Å²) in [5, 5.41) is 23.5. The van der Waals surface area contributed by atoms with E-state index in [4.69, 9.17) is 27.9 Å². The quantitative estimate of drug-likeness (QED) is 0.142. The summed E-state index contributed by atoms with van der Waals surface area (Å²) >= 11 is 12.5. The first-order chi connectivity index (χ1) is 18.5. The fraction of sp³-hybridized carbons (Fsp3) is 0.148. The largest absolute Gasteiger partial charge is 0.505 e. The van der Waals surface area contributed by atoms with Crippen molar-refractivity contribution in [3.63, 3.8) is 0 Å². The maximum atomic E-state index is 13.3. The number of nitrogens with one attached hydrogen (secondary N) is 1. The first kappa shape index (κ1) is 28.3. The van der Waals surface area contributed by atoms with Gasteiger partial charge in [-0.3, -0.25) is 9.35 Å². The van der Waals surface area contributed by atoms with Crippen molar-refractivity contribution in [1.29, 1.82) is 0 Å². The summed E-state index contributed by atoms with van der Waals surface area (Å²) in [7, 11) is -4.58. The zero-order valence-corrected chi connectivity index (χ0v) is 23.1. The minimum absolute atomic E-state index is 0.0159. The molecule has 0 aliphatic rings. The summed E-state index contributed by atoms with van der Waals surface area (Å²) in [4.78, 5) is 12.9. The van der Waals surface area contributed by atoms with E-state index >= 15 is 0 Å². The van der Waals surface area contributed by atoms with E-state index in [0.29, 0.717) is 23.1 Å². The Bertz CT molecular complexity index is 1720. The Kier molecular flexibility index (Phi) is 8.41. The summed E-state index contributed by atoms with van der Waals surface area (Å²) in [6, 6.07) is 15.9. The Hall–Kier alpha value is -3.70. The number of azo groups is 1. The molecular formula is C27H23Cl2N3O6S. The Morgan fingerprint density at radius 2 is 1.77 bits per heavy atom. The summed E-state index contributed by atoms with van der Waals surface area (Å²) in [6.07, 6.45) is 0.192. The van der Waals surface area contributed by atoms with Crippen LogP contribution in [0.15, 0.2) is 75.8 Å². The van der Waals surface area contributed by atoms with E-state index in [-0.39, 0.29) is 49.6 Å². The van der Waals surface area contributed by atoms with E-state index in [2.05, 4.69) is 15.5 Å². The van der Waals surface area contributed by atoms with Crippen LogP contribution in [-0.4, -0.2) is 30.6 Å². The van der Waals surface area contributed by atoms with Gasteiger partial charge in [0, 0.05) is 16.0 Å². The van der Waals surface area contributed by atoms with Crippen LogP contribution in [0.4, 0.5) is 17.1 Å². The lowest BCUT2D eigenvalue weighted by atomic mass is 10.0. The molecule has 1 amide bonds. The molecule has 4 aromatic rings. The second kappa shape index (κ2) is 11.6. The van der Waals surface area contributed by atoms with Crippen LogP contribution >= 0.6 is 23.2 Å². The van der Waals surface area contributed by atoms with Crippen LogP contribution in [0.3, 0.4) is 0 Å². The Balaban J connectivity index is 1.82. The van der Waals surface area contributed by atoms with Gasteiger partial charge in [-0.2, -0.15) is 13.5 Å². The van der Waals surface area contributed by atoms with Crippen molar-refractivity contribution in [3.05, 3.63) is 81.8 Å². The van der Waals surface area contributed by atoms with Gasteiger partial charge in [-0.1, -0.05) is 60.5 Å². The molecule has 0 fully saturated rings. The van der Waals surface area contributed by atoms with E-state index < -0.39 is 21.8 Å². The lowest BCUT2D eigenvalue weighted by Crippen LogP contribution is -2.13. The van der Waals surface area contributed by atoms with Crippen LogP contribution in [0.25, 0.3) is 10.8 Å². The van der Waals surface area contributed by atoms with Crippen molar-refractivity contribution >= 4 is 67.1 Å². The third kappa shape index (κ3) is 5.99. The number of hydrogen-bond acceptors (Lipinski definition) is 7. The normalized spacial score (nSPS) is 11.7. The molecule has 202 valence electrons. The summed E-state index contributed by atoms with van der Waals surface area (Å²) in [5.74, 6) is -0.718. The molecule has 4 aromatic carbocycles. The number of fused-ring (bicyclic) bond motifs is 1. The summed E-state index contributed by atoms with van der Waals surface area (Å²) in [5.41, 5.74) is 0.430. The minimum Gasteiger partial charge on any atom is -0.505 e. The van der Waals surface area contributed by atoms with Crippen molar-refractivity contribution in [1.82, 2.24) is 0 Å². The van der Waals surface area contributed by atoms with E-state index in [1.807, 2.05) is 0 Å². The molecule has 0 saturated carbocycles. The number of rotatable bonds is 8. The topological polar surface area (TPSA) is 138 Å². The summed E-state index contributed by atoms with van der Waals surface area (Å²) < 4.78 is 38.9. The number of benzene rings is 4. The molecule has 0 saturated heterocycles. The number of amides is 1.